The Morgan fingerprint density at radius 1 is 1.50 bits per heavy atom. The highest BCUT2D eigenvalue weighted by molar-refractivity contribution is 6.35. The lowest BCUT2D eigenvalue weighted by Crippen LogP contribution is -2.37. The highest BCUT2D eigenvalue weighted by Crippen LogP contribution is 2.26. The predicted octanol–water partition coefficient (Wildman–Crippen LogP) is 3.37. The van der Waals surface area contributed by atoms with Gasteiger partial charge < -0.3 is 4.74 Å². The molecule has 2 atom stereocenters. The minimum Gasteiger partial charge on any atom is -0.468 e. The van der Waals surface area contributed by atoms with Gasteiger partial charge in [0.25, 0.3) is 0 Å². The minimum atomic E-state index is -0.572. The molecule has 1 rings (SSSR count). The molecule has 2 unspecified atom stereocenters. The number of nitrogens with one attached hydrogen (secondary N) is 1. The molecule has 0 amide bonds. The lowest BCUT2D eigenvalue weighted by molar-refractivity contribution is -0.141. The lowest BCUT2D eigenvalue weighted by Gasteiger charge is -2.20. The minimum absolute atomic E-state index is 0.128. The summed E-state index contributed by atoms with van der Waals surface area (Å²) in [4.78, 5) is 11.4. The van der Waals surface area contributed by atoms with E-state index in [1.54, 1.807) is 12.1 Å². The monoisotopic (exact) mass is 287 g/mol. The summed E-state index contributed by atoms with van der Waals surface area (Å²) in [6.07, 6.45) is 1.49. The highest BCUT2D eigenvalue weighted by atomic mass is 35.5. The zero-order chi connectivity index (χ0) is 13.7. The Morgan fingerprint density at radius 2 is 2.17 bits per heavy atom. The Kier molecular flexibility index (Phi) is 5.66. The number of hydrogen-bond acceptors (Lipinski definition) is 3. The van der Waals surface area contributed by atoms with Crippen LogP contribution in [0.25, 0.3) is 0 Å². The Balaban J connectivity index is 2.83. The van der Waals surface area contributed by atoms with Crippen LogP contribution in [0.2, 0.25) is 10.0 Å². The number of rotatable bonds is 5. The zero-order valence-electron chi connectivity index (χ0n) is 10.2. The fourth-order valence-corrected chi connectivity index (χ4v) is 2.14. The Hall–Kier alpha value is -1.03. The van der Waals surface area contributed by atoms with Crippen LogP contribution in [-0.4, -0.2) is 19.1 Å². The van der Waals surface area contributed by atoms with Crippen molar-refractivity contribution in [1.29, 1.82) is 0 Å². The van der Waals surface area contributed by atoms with Gasteiger partial charge in [-0.1, -0.05) is 35.3 Å². The number of carbonyl (C=O) groups excluding carboxylic acids is 1. The summed E-state index contributed by atoms with van der Waals surface area (Å²) in [5.74, 6) is -0.387. The first-order valence-electron chi connectivity index (χ1n) is 5.41. The third-order valence-corrected chi connectivity index (χ3v) is 3.11. The molecular formula is C13H15Cl2NO2. The molecule has 0 heterocycles. The Bertz CT molecular complexity index is 449. The molecule has 0 aliphatic heterocycles. The van der Waals surface area contributed by atoms with E-state index in [2.05, 4.69) is 16.6 Å². The summed E-state index contributed by atoms with van der Waals surface area (Å²) in [7, 11) is 1.33. The maximum atomic E-state index is 11.4. The third-order valence-electron chi connectivity index (χ3n) is 2.55. The van der Waals surface area contributed by atoms with Crippen molar-refractivity contribution >= 4 is 29.2 Å². The van der Waals surface area contributed by atoms with Crippen molar-refractivity contribution < 1.29 is 9.53 Å². The fraction of sp³-hybridized carbons (Fsp3) is 0.308. The number of carbonyl (C=O) groups is 1. The van der Waals surface area contributed by atoms with Crippen molar-refractivity contribution in [3.63, 3.8) is 0 Å². The molecule has 1 N–H and O–H groups in total. The number of esters is 1. The van der Waals surface area contributed by atoms with E-state index in [1.165, 1.54) is 13.2 Å². The number of halogens is 2. The molecule has 98 valence electrons. The molecule has 0 saturated heterocycles. The van der Waals surface area contributed by atoms with Crippen molar-refractivity contribution in [3.05, 3.63) is 46.5 Å². The van der Waals surface area contributed by atoms with E-state index in [4.69, 9.17) is 23.2 Å². The zero-order valence-corrected chi connectivity index (χ0v) is 11.8. The SMILES string of the molecule is C=CC(NC(C)c1ccc(Cl)cc1Cl)C(=O)OC. The van der Waals surface area contributed by atoms with Gasteiger partial charge in [-0.25, -0.2) is 0 Å². The molecule has 0 saturated carbocycles. The van der Waals surface area contributed by atoms with Crippen molar-refractivity contribution in [1.82, 2.24) is 5.32 Å². The van der Waals surface area contributed by atoms with Gasteiger partial charge in [0, 0.05) is 16.1 Å². The molecule has 0 bridgehead atoms. The highest BCUT2D eigenvalue weighted by Gasteiger charge is 2.19. The molecule has 3 nitrogen and oxygen atoms in total. The summed E-state index contributed by atoms with van der Waals surface area (Å²) >= 11 is 11.9. The Morgan fingerprint density at radius 3 is 2.67 bits per heavy atom. The number of ether oxygens (including phenoxy) is 1. The van der Waals surface area contributed by atoms with Crippen LogP contribution in [-0.2, 0) is 9.53 Å². The second kappa shape index (κ2) is 6.78. The van der Waals surface area contributed by atoms with Crippen LogP contribution < -0.4 is 5.32 Å². The van der Waals surface area contributed by atoms with Gasteiger partial charge in [-0.05, 0) is 24.6 Å². The van der Waals surface area contributed by atoms with Gasteiger partial charge >= 0.3 is 5.97 Å². The number of methoxy groups -OCH3 is 1. The molecule has 0 spiro atoms. The average Bonchev–Trinajstić information content (AvgIpc) is 2.34. The molecule has 0 aliphatic rings. The summed E-state index contributed by atoms with van der Waals surface area (Å²) in [6.45, 7) is 5.49. The first-order valence-corrected chi connectivity index (χ1v) is 6.16. The molecule has 1 aromatic rings. The van der Waals surface area contributed by atoms with E-state index in [9.17, 15) is 4.79 Å². The summed E-state index contributed by atoms with van der Waals surface area (Å²) in [6, 6.07) is 4.54. The third kappa shape index (κ3) is 3.73. The van der Waals surface area contributed by atoms with Crippen LogP contribution in [0.3, 0.4) is 0 Å². The molecule has 0 fully saturated rings. The van der Waals surface area contributed by atoms with E-state index < -0.39 is 6.04 Å². The van der Waals surface area contributed by atoms with Crippen LogP contribution in [0.1, 0.15) is 18.5 Å². The topological polar surface area (TPSA) is 38.3 Å². The molecule has 0 aliphatic carbocycles. The second-order valence-corrected chi connectivity index (χ2v) is 4.63. The van der Waals surface area contributed by atoms with Crippen LogP contribution in [0, 0.1) is 0 Å². The standard InChI is InChI=1S/C13H15Cl2NO2/c1-4-12(13(17)18-3)16-8(2)10-6-5-9(14)7-11(10)15/h4-8,12,16H,1H2,2-3H3. The molecule has 1 aromatic carbocycles. The smallest absolute Gasteiger partial charge is 0.326 e. The maximum Gasteiger partial charge on any atom is 0.326 e. The van der Waals surface area contributed by atoms with Gasteiger partial charge in [0.2, 0.25) is 0 Å². The maximum absolute atomic E-state index is 11.4. The van der Waals surface area contributed by atoms with Gasteiger partial charge in [0.1, 0.15) is 6.04 Å². The van der Waals surface area contributed by atoms with Crippen LogP contribution in [0.5, 0.6) is 0 Å². The van der Waals surface area contributed by atoms with Gasteiger partial charge in [0.15, 0.2) is 0 Å². The Labute approximate surface area is 117 Å². The van der Waals surface area contributed by atoms with Gasteiger partial charge in [-0.3, -0.25) is 10.1 Å². The van der Waals surface area contributed by atoms with Crippen LogP contribution in [0.4, 0.5) is 0 Å². The fourth-order valence-electron chi connectivity index (χ4n) is 1.57. The first-order chi connectivity index (χ1) is 8.49. The first kappa shape index (κ1) is 15.0. The van der Waals surface area contributed by atoms with Gasteiger partial charge in [0.05, 0.1) is 7.11 Å². The van der Waals surface area contributed by atoms with Gasteiger partial charge in [-0.15, -0.1) is 6.58 Å². The predicted molar refractivity (Wildman–Crippen MR) is 74.0 cm³/mol. The summed E-state index contributed by atoms with van der Waals surface area (Å²) < 4.78 is 4.66. The summed E-state index contributed by atoms with van der Waals surface area (Å²) in [5, 5.41) is 4.20. The lowest BCUT2D eigenvalue weighted by atomic mass is 10.1. The molecule has 18 heavy (non-hydrogen) atoms. The van der Waals surface area contributed by atoms with Crippen LogP contribution in [0.15, 0.2) is 30.9 Å². The van der Waals surface area contributed by atoms with Gasteiger partial charge in [-0.2, -0.15) is 0 Å². The molecule has 5 heteroatoms. The van der Waals surface area contributed by atoms with E-state index in [0.29, 0.717) is 10.0 Å². The molecule has 0 radical (unpaired) electrons. The second-order valence-electron chi connectivity index (χ2n) is 3.79. The van der Waals surface area contributed by atoms with Crippen molar-refractivity contribution in [2.45, 2.75) is 19.0 Å². The van der Waals surface area contributed by atoms with E-state index in [0.717, 1.165) is 5.56 Å². The normalized spacial score (nSPS) is 13.8. The summed E-state index contributed by atoms with van der Waals surface area (Å²) in [5.41, 5.74) is 0.858. The van der Waals surface area contributed by atoms with E-state index in [-0.39, 0.29) is 12.0 Å². The largest absolute Gasteiger partial charge is 0.468 e. The molecule has 0 aromatic heterocycles. The average molecular weight is 288 g/mol. The molecular weight excluding hydrogens is 273 g/mol. The quantitative estimate of drug-likeness (QED) is 0.667. The van der Waals surface area contributed by atoms with E-state index in [1.807, 2.05) is 13.0 Å². The van der Waals surface area contributed by atoms with Crippen LogP contribution >= 0.6 is 23.2 Å². The van der Waals surface area contributed by atoms with Crippen molar-refractivity contribution in [3.8, 4) is 0 Å². The number of benzene rings is 1. The van der Waals surface area contributed by atoms with Crippen molar-refractivity contribution in [2.75, 3.05) is 7.11 Å². The number of hydrogen-bond donors (Lipinski definition) is 1. The van der Waals surface area contributed by atoms with E-state index >= 15 is 0 Å². The van der Waals surface area contributed by atoms with Crippen molar-refractivity contribution in [2.24, 2.45) is 0 Å².